The van der Waals surface area contributed by atoms with Crippen molar-refractivity contribution >= 4 is 21.7 Å². The molecule has 0 saturated carbocycles. The molecule has 4 nitrogen and oxygen atoms in total. The van der Waals surface area contributed by atoms with Gasteiger partial charge < -0.3 is 15.0 Å². The van der Waals surface area contributed by atoms with Crippen molar-refractivity contribution in [2.45, 2.75) is 13.3 Å². The van der Waals surface area contributed by atoms with Crippen LogP contribution in [0.4, 0.5) is 5.82 Å². The number of rotatable bonds is 5. The fourth-order valence-corrected chi connectivity index (χ4v) is 2.17. The first-order valence-electron chi connectivity index (χ1n) is 5.80. The molecule has 0 unspecified atom stereocenters. The summed E-state index contributed by atoms with van der Waals surface area (Å²) in [6, 6.07) is 7.90. The van der Waals surface area contributed by atoms with E-state index < -0.39 is 0 Å². The summed E-state index contributed by atoms with van der Waals surface area (Å²) in [7, 11) is 0. The molecule has 5 heteroatoms. The van der Waals surface area contributed by atoms with Gasteiger partial charge in [-0.2, -0.15) is 0 Å². The number of anilines is 1. The van der Waals surface area contributed by atoms with Crippen LogP contribution in [0, 0.1) is 0 Å². The maximum Gasteiger partial charge on any atom is 0.175 e. The minimum atomic E-state index is 0.416. The van der Waals surface area contributed by atoms with Gasteiger partial charge in [0.2, 0.25) is 0 Å². The first-order valence-corrected chi connectivity index (χ1v) is 6.59. The number of benzene rings is 1. The van der Waals surface area contributed by atoms with E-state index in [1.807, 2.05) is 31.2 Å². The van der Waals surface area contributed by atoms with Crippen LogP contribution in [0.5, 0.6) is 0 Å². The Morgan fingerprint density at radius 2 is 2.28 bits per heavy atom. The lowest BCUT2D eigenvalue weighted by Gasteiger charge is -2.03. The van der Waals surface area contributed by atoms with Crippen molar-refractivity contribution in [3.05, 3.63) is 34.5 Å². The molecule has 0 radical (unpaired) electrons. The van der Waals surface area contributed by atoms with Crippen LogP contribution in [0.3, 0.4) is 0 Å². The van der Waals surface area contributed by atoms with Gasteiger partial charge in [0, 0.05) is 17.5 Å². The molecule has 0 spiro atoms. The Bertz CT molecular complexity index is 525. The topological polar surface area (TPSA) is 61.3 Å². The molecule has 0 fully saturated rings. The monoisotopic (exact) mass is 310 g/mol. The highest BCUT2D eigenvalue weighted by atomic mass is 79.9. The van der Waals surface area contributed by atoms with Gasteiger partial charge in [-0.25, -0.2) is 0 Å². The van der Waals surface area contributed by atoms with Gasteiger partial charge in [0.25, 0.3) is 0 Å². The fourth-order valence-electron chi connectivity index (χ4n) is 1.77. The van der Waals surface area contributed by atoms with Crippen LogP contribution in [-0.2, 0) is 11.2 Å². The number of nitrogens with two attached hydrogens (primary N) is 1. The number of hydrogen-bond donors (Lipinski definition) is 1. The van der Waals surface area contributed by atoms with E-state index in [0.717, 1.165) is 21.4 Å². The molecule has 1 aromatic heterocycles. The molecule has 2 N–H and O–H groups in total. The maximum absolute atomic E-state index is 5.87. The maximum atomic E-state index is 5.87. The van der Waals surface area contributed by atoms with Crippen LogP contribution in [0.1, 0.15) is 12.7 Å². The normalized spacial score (nSPS) is 10.8. The summed E-state index contributed by atoms with van der Waals surface area (Å²) >= 11 is 3.44. The summed E-state index contributed by atoms with van der Waals surface area (Å²) in [5.74, 6) is 1.18. The Kier molecular flexibility index (Phi) is 4.38. The van der Waals surface area contributed by atoms with Crippen molar-refractivity contribution in [1.29, 1.82) is 0 Å². The Balaban J connectivity index is 2.29. The summed E-state index contributed by atoms with van der Waals surface area (Å²) in [4.78, 5) is 0. The second kappa shape index (κ2) is 6.02. The van der Waals surface area contributed by atoms with E-state index in [1.54, 1.807) is 0 Å². The van der Waals surface area contributed by atoms with Gasteiger partial charge in [-0.1, -0.05) is 33.2 Å². The van der Waals surface area contributed by atoms with Crippen LogP contribution >= 0.6 is 15.9 Å². The summed E-state index contributed by atoms with van der Waals surface area (Å²) in [5, 5.41) is 3.83. The number of aromatic nitrogens is 1. The zero-order valence-electron chi connectivity index (χ0n) is 10.1. The first-order chi connectivity index (χ1) is 8.72. The zero-order chi connectivity index (χ0) is 13.0. The summed E-state index contributed by atoms with van der Waals surface area (Å²) in [5.41, 5.74) is 7.72. The molecule has 18 heavy (non-hydrogen) atoms. The molecule has 96 valence electrons. The van der Waals surface area contributed by atoms with Crippen molar-refractivity contribution < 1.29 is 9.26 Å². The summed E-state index contributed by atoms with van der Waals surface area (Å²) in [6.45, 7) is 3.26. The molecule has 0 atom stereocenters. The Labute approximate surface area is 114 Å². The number of ether oxygens (including phenoxy) is 1. The molecule has 0 amide bonds. The predicted octanol–water partition coefficient (Wildman–Crippen LogP) is 3.27. The van der Waals surface area contributed by atoms with Crippen molar-refractivity contribution in [3.8, 4) is 11.1 Å². The van der Waals surface area contributed by atoms with Crippen LogP contribution < -0.4 is 5.73 Å². The van der Waals surface area contributed by atoms with Gasteiger partial charge in [-0.05, 0) is 24.6 Å². The number of nitrogens with zero attached hydrogens (tertiary/aromatic N) is 1. The average Bonchev–Trinajstić information content (AvgIpc) is 2.71. The molecular weight excluding hydrogens is 296 g/mol. The lowest BCUT2D eigenvalue weighted by molar-refractivity contribution is 0.145. The van der Waals surface area contributed by atoms with E-state index in [0.29, 0.717) is 25.5 Å². The highest BCUT2D eigenvalue weighted by Gasteiger charge is 2.15. The SMILES string of the molecule is CCOCCc1onc(N)c1-c1cccc(Br)c1. The number of halogens is 1. The van der Waals surface area contributed by atoms with E-state index in [2.05, 4.69) is 21.1 Å². The Morgan fingerprint density at radius 1 is 1.44 bits per heavy atom. The zero-order valence-corrected chi connectivity index (χ0v) is 11.7. The van der Waals surface area contributed by atoms with Gasteiger partial charge in [0.05, 0.1) is 12.2 Å². The minimum Gasteiger partial charge on any atom is -0.381 e. The Morgan fingerprint density at radius 3 is 3.00 bits per heavy atom. The largest absolute Gasteiger partial charge is 0.381 e. The molecule has 1 aromatic carbocycles. The van der Waals surface area contributed by atoms with Crippen LogP contribution in [0.2, 0.25) is 0 Å². The highest BCUT2D eigenvalue weighted by molar-refractivity contribution is 9.10. The molecule has 2 rings (SSSR count). The highest BCUT2D eigenvalue weighted by Crippen LogP contribution is 2.31. The molecule has 0 bridgehead atoms. The second-order valence-electron chi connectivity index (χ2n) is 3.82. The third-order valence-corrected chi connectivity index (χ3v) is 3.07. The van der Waals surface area contributed by atoms with E-state index in [4.69, 9.17) is 15.0 Å². The fraction of sp³-hybridized carbons (Fsp3) is 0.308. The average molecular weight is 311 g/mol. The van der Waals surface area contributed by atoms with Gasteiger partial charge in [0.15, 0.2) is 5.82 Å². The van der Waals surface area contributed by atoms with Crippen molar-refractivity contribution in [1.82, 2.24) is 5.16 Å². The van der Waals surface area contributed by atoms with Crippen molar-refractivity contribution in [3.63, 3.8) is 0 Å². The van der Waals surface area contributed by atoms with Crippen molar-refractivity contribution in [2.24, 2.45) is 0 Å². The standard InChI is InChI=1S/C13H15BrN2O2/c1-2-17-7-6-11-12(13(15)16-18-11)9-4-3-5-10(14)8-9/h3-5,8H,2,6-7H2,1H3,(H2,15,16). The van der Waals surface area contributed by atoms with Crippen molar-refractivity contribution in [2.75, 3.05) is 18.9 Å². The third kappa shape index (κ3) is 2.91. The van der Waals surface area contributed by atoms with E-state index >= 15 is 0 Å². The molecule has 0 aliphatic rings. The van der Waals surface area contributed by atoms with Gasteiger partial charge in [0.1, 0.15) is 5.76 Å². The lowest BCUT2D eigenvalue weighted by atomic mass is 10.0. The van der Waals surface area contributed by atoms with Crippen LogP contribution in [0.25, 0.3) is 11.1 Å². The predicted molar refractivity (Wildman–Crippen MR) is 74.2 cm³/mol. The number of nitrogen functional groups attached to an aromatic ring is 1. The molecule has 0 aliphatic heterocycles. The van der Waals surface area contributed by atoms with Gasteiger partial charge in [-0.3, -0.25) is 0 Å². The van der Waals surface area contributed by atoms with Crippen LogP contribution in [-0.4, -0.2) is 18.4 Å². The Hall–Kier alpha value is -1.33. The molecule has 0 saturated heterocycles. The summed E-state index contributed by atoms with van der Waals surface area (Å²) < 4.78 is 11.6. The first kappa shape index (κ1) is 13.1. The second-order valence-corrected chi connectivity index (χ2v) is 4.74. The van der Waals surface area contributed by atoms with E-state index in [1.165, 1.54) is 0 Å². The number of hydrogen-bond acceptors (Lipinski definition) is 4. The lowest BCUT2D eigenvalue weighted by Crippen LogP contribution is -1.98. The minimum absolute atomic E-state index is 0.416. The van der Waals surface area contributed by atoms with E-state index in [-0.39, 0.29) is 0 Å². The van der Waals surface area contributed by atoms with Crippen LogP contribution in [0.15, 0.2) is 33.3 Å². The quantitative estimate of drug-likeness (QED) is 0.861. The molecule has 0 aliphatic carbocycles. The van der Waals surface area contributed by atoms with E-state index in [9.17, 15) is 0 Å². The summed E-state index contributed by atoms with van der Waals surface area (Å²) in [6.07, 6.45) is 0.667. The molecular formula is C13H15BrN2O2. The molecule has 1 heterocycles. The third-order valence-electron chi connectivity index (χ3n) is 2.58. The molecule has 2 aromatic rings. The van der Waals surface area contributed by atoms with Gasteiger partial charge >= 0.3 is 0 Å². The smallest absolute Gasteiger partial charge is 0.175 e. The van der Waals surface area contributed by atoms with Gasteiger partial charge in [-0.15, -0.1) is 0 Å².